The summed E-state index contributed by atoms with van der Waals surface area (Å²) in [4.78, 5) is 8.76. The highest BCUT2D eigenvalue weighted by Crippen LogP contribution is 2.23. The number of H-pyrrole nitrogens is 1. The smallest absolute Gasteiger partial charge is 0.166 e. The Bertz CT molecular complexity index is 384. The molecule has 0 saturated heterocycles. The van der Waals surface area contributed by atoms with E-state index in [2.05, 4.69) is 36.1 Å². The standard InChI is InChI=1S/C5H2BBrN4S/c6-3-2(12-5(7)10-3)4-8-1-9-11-4/h1H,(H,8,9,11). The maximum absolute atomic E-state index is 5.61. The third-order valence-corrected chi connectivity index (χ3v) is 2.79. The SMILES string of the molecule is [B]c1nc(Br)sc1-c1ncn[nH]1. The van der Waals surface area contributed by atoms with Gasteiger partial charge in [-0.05, 0) is 15.9 Å². The fourth-order valence-corrected chi connectivity index (χ4v) is 2.12. The molecule has 0 unspecified atom stereocenters. The van der Waals surface area contributed by atoms with Crippen LogP contribution in [0.5, 0.6) is 0 Å². The molecule has 0 bridgehead atoms. The summed E-state index contributed by atoms with van der Waals surface area (Å²) in [5.41, 5.74) is 0.462. The molecule has 0 atom stereocenters. The zero-order valence-corrected chi connectivity index (χ0v) is 8.19. The maximum Gasteiger partial charge on any atom is 0.166 e. The van der Waals surface area contributed by atoms with E-state index in [1.807, 2.05) is 0 Å². The van der Waals surface area contributed by atoms with Gasteiger partial charge in [0, 0.05) is 5.59 Å². The first-order valence-corrected chi connectivity index (χ1v) is 4.66. The van der Waals surface area contributed by atoms with Crippen molar-refractivity contribution < 1.29 is 0 Å². The summed E-state index contributed by atoms with van der Waals surface area (Å²) in [7, 11) is 5.61. The molecule has 0 aliphatic heterocycles. The van der Waals surface area contributed by atoms with E-state index in [1.165, 1.54) is 17.7 Å². The van der Waals surface area contributed by atoms with Gasteiger partial charge in [-0.2, -0.15) is 5.10 Å². The predicted molar refractivity (Wildman–Crippen MR) is 50.6 cm³/mol. The van der Waals surface area contributed by atoms with Gasteiger partial charge in [0.05, 0.1) is 4.88 Å². The molecule has 2 heterocycles. The Morgan fingerprint density at radius 2 is 2.42 bits per heavy atom. The van der Waals surface area contributed by atoms with Crippen LogP contribution in [0.25, 0.3) is 10.7 Å². The van der Waals surface area contributed by atoms with Crippen molar-refractivity contribution in [2.24, 2.45) is 0 Å². The number of hydrogen-bond acceptors (Lipinski definition) is 4. The molecule has 0 spiro atoms. The molecule has 2 aromatic heterocycles. The van der Waals surface area contributed by atoms with Crippen LogP contribution in [-0.4, -0.2) is 28.0 Å². The van der Waals surface area contributed by atoms with E-state index in [0.29, 0.717) is 11.4 Å². The Morgan fingerprint density at radius 3 is 2.92 bits per heavy atom. The fraction of sp³-hybridized carbons (Fsp3) is 0. The zero-order chi connectivity index (χ0) is 8.55. The van der Waals surface area contributed by atoms with Crippen molar-refractivity contribution >= 4 is 40.7 Å². The molecular formula is C5H2BBrN4S. The quantitative estimate of drug-likeness (QED) is 0.739. The molecule has 7 heteroatoms. The normalized spacial score (nSPS) is 10.4. The van der Waals surface area contributed by atoms with E-state index >= 15 is 0 Å². The molecule has 0 aliphatic carbocycles. The van der Waals surface area contributed by atoms with Gasteiger partial charge in [0.25, 0.3) is 0 Å². The van der Waals surface area contributed by atoms with Crippen LogP contribution in [0.1, 0.15) is 0 Å². The van der Waals surface area contributed by atoms with Crippen molar-refractivity contribution in [3.63, 3.8) is 0 Å². The van der Waals surface area contributed by atoms with Gasteiger partial charge in [0.1, 0.15) is 14.2 Å². The van der Waals surface area contributed by atoms with Crippen LogP contribution in [-0.2, 0) is 0 Å². The second-order valence-corrected chi connectivity index (χ2v) is 4.29. The van der Waals surface area contributed by atoms with Crippen LogP contribution >= 0.6 is 27.3 Å². The highest BCUT2D eigenvalue weighted by molar-refractivity contribution is 9.11. The summed E-state index contributed by atoms with van der Waals surface area (Å²) in [6.45, 7) is 0. The number of nitrogens with zero attached hydrogens (tertiary/aromatic N) is 3. The van der Waals surface area contributed by atoms with Gasteiger partial charge >= 0.3 is 0 Å². The maximum atomic E-state index is 5.61. The molecule has 58 valence electrons. The van der Waals surface area contributed by atoms with Gasteiger partial charge < -0.3 is 0 Å². The molecule has 0 saturated carbocycles. The second-order valence-electron chi connectivity index (χ2n) is 2.02. The van der Waals surface area contributed by atoms with Crippen molar-refractivity contribution in [1.82, 2.24) is 20.2 Å². The summed E-state index contributed by atoms with van der Waals surface area (Å²) in [5.74, 6) is 0.649. The van der Waals surface area contributed by atoms with Crippen LogP contribution in [0, 0.1) is 0 Å². The molecule has 1 N–H and O–H groups in total. The lowest BCUT2D eigenvalue weighted by molar-refractivity contribution is 1.10. The van der Waals surface area contributed by atoms with Crippen LogP contribution in [0.2, 0.25) is 0 Å². The van der Waals surface area contributed by atoms with Gasteiger partial charge in [0.2, 0.25) is 0 Å². The summed E-state index contributed by atoms with van der Waals surface area (Å²) >= 11 is 4.65. The lowest BCUT2D eigenvalue weighted by Crippen LogP contribution is -2.05. The van der Waals surface area contributed by atoms with E-state index in [9.17, 15) is 0 Å². The Hall–Kier alpha value is -0.685. The molecule has 2 aromatic rings. The summed E-state index contributed by atoms with van der Waals surface area (Å²) in [6, 6.07) is 0. The van der Waals surface area contributed by atoms with Crippen molar-refractivity contribution in [1.29, 1.82) is 0 Å². The van der Waals surface area contributed by atoms with Gasteiger partial charge in [0.15, 0.2) is 9.74 Å². The Balaban J connectivity index is 2.54. The third kappa shape index (κ3) is 1.29. The van der Waals surface area contributed by atoms with Crippen molar-refractivity contribution in [2.75, 3.05) is 0 Å². The lowest BCUT2D eigenvalue weighted by Gasteiger charge is -1.88. The number of rotatable bonds is 1. The van der Waals surface area contributed by atoms with Gasteiger partial charge in [-0.15, -0.1) is 11.3 Å². The first-order chi connectivity index (χ1) is 5.77. The van der Waals surface area contributed by atoms with E-state index < -0.39 is 0 Å². The highest BCUT2D eigenvalue weighted by Gasteiger charge is 2.09. The minimum atomic E-state index is 0.462. The van der Waals surface area contributed by atoms with Gasteiger partial charge in [-0.1, -0.05) is 0 Å². The molecule has 0 aromatic carbocycles. The first-order valence-electron chi connectivity index (χ1n) is 3.05. The van der Waals surface area contributed by atoms with Crippen molar-refractivity contribution in [3.05, 3.63) is 10.2 Å². The minimum absolute atomic E-state index is 0.462. The molecule has 2 radical (unpaired) electrons. The number of nitrogens with one attached hydrogen (secondary N) is 1. The lowest BCUT2D eigenvalue weighted by atomic mass is 10.0. The topological polar surface area (TPSA) is 54.5 Å². The van der Waals surface area contributed by atoms with Gasteiger partial charge in [-0.3, -0.25) is 5.10 Å². The van der Waals surface area contributed by atoms with Crippen LogP contribution in [0.15, 0.2) is 10.2 Å². The molecule has 12 heavy (non-hydrogen) atoms. The second kappa shape index (κ2) is 2.99. The number of halogens is 1. The van der Waals surface area contributed by atoms with Crippen molar-refractivity contribution in [2.45, 2.75) is 0 Å². The predicted octanol–water partition coefficient (Wildman–Crippen LogP) is 0.484. The Morgan fingerprint density at radius 1 is 1.58 bits per heavy atom. The minimum Gasteiger partial charge on any atom is -0.259 e. The Kier molecular flexibility index (Phi) is 1.97. The first kappa shape index (κ1) is 7.94. The number of thiazole rings is 1. The molecule has 0 amide bonds. The molecule has 0 aliphatic rings. The average Bonchev–Trinajstić information content (AvgIpc) is 2.58. The van der Waals surface area contributed by atoms with E-state index in [1.54, 1.807) is 0 Å². The summed E-state index contributed by atoms with van der Waals surface area (Å²) < 4.78 is 0.742. The van der Waals surface area contributed by atoms with E-state index in [-0.39, 0.29) is 0 Å². The van der Waals surface area contributed by atoms with Crippen LogP contribution in [0.3, 0.4) is 0 Å². The van der Waals surface area contributed by atoms with Crippen LogP contribution < -0.4 is 5.59 Å². The molecule has 4 nitrogen and oxygen atoms in total. The van der Waals surface area contributed by atoms with E-state index in [0.717, 1.165) is 8.79 Å². The van der Waals surface area contributed by atoms with E-state index in [4.69, 9.17) is 7.85 Å². The van der Waals surface area contributed by atoms with Crippen LogP contribution in [0.4, 0.5) is 0 Å². The largest absolute Gasteiger partial charge is 0.259 e. The Labute approximate surface area is 82.0 Å². The van der Waals surface area contributed by atoms with Crippen molar-refractivity contribution in [3.8, 4) is 10.7 Å². The fourth-order valence-electron chi connectivity index (χ4n) is 0.789. The summed E-state index contributed by atoms with van der Waals surface area (Å²) in [6.07, 6.45) is 1.43. The average molecular weight is 241 g/mol. The number of aromatic amines is 1. The zero-order valence-electron chi connectivity index (χ0n) is 5.78. The molecule has 2 rings (SSSR count). The number of hydrogen-bond donors (Lipinski definition) is 1. The molecule has 0 fully saturated rings. The third-order valence-electron chi connectivity index (χ3n) is 1.26. The van der Waals surface area contributed by atoms with Gasteiger partial charge in [-0.25, -0.2) is 9.97 Å². The molecular weight excluding hydrogens is 239 g/mol. The monoisotopic (exact) mass is 240 g/mol. The summed E-state index contributed by atoms with van der Waals surface area (Å²) in [5, 5.41) is 6.44. The highest BCUT2D eigenvalue weighted by atomic mass is 79.9. The number of aromatic nitrogens is 4.